The number of hydrogen-bond acceptors (Lipinski definition) is 1. The SMILES string of the molecule is COc1cccc2c1CCC(F)=[C]2[Sn]([CH3])([CH3])[CH3]. The van der Waals surface area contributed by atoms with Gasteiger partial charge in [-0.3, -0.25) is 0 Å². The van der Waals surface area contributed by atoms with Crippen molar-refractivity contribution in [2.75, 3.05) is 7.11 Å². The minimum absolute atomic E-state index is 0.119. The molecular weight excluding hydrogens is 322 g/mol. The zero-order valence-corrected chi connectivity index (χ0v) is 13.8. The Morgan fingerprint density at radius 3 is 2.47 bits per heavy atom. The van der Waals surface area contributed by atoms with Crippen LogP contribution in [0.4, 0.5) is 4.39 Å². The van der Waals surface area contributed by atoms with Crippen LogP contribution in [0.1, 0.15) is 17.5 Å². The van der Waals surface area contributed by atoms with E-state index in [0.717, 1.165) is 21.3 Å². The summed E-state index contributed by atoms with van der Waals surface area (Å²) in [5.74, 6) is 1.03. The fourth-order valence-corrected chi connectivity index (χ4v) is 8.22. The van der Waals surface area contributed by atoms with Crippen molar-refractivity contribution >= 4 is 22.0 Å². The second-order valence-electron chi connectivity index (χ2n) is 5.52. The van der Waals surface area contributed by atoms with E-state index < -0.39 is 18.4 Å². The molecule has 0 aromatic heterocycles. The summed E-state index contributed by atoms with van der Waals surface area (Å²) < 4.78 is 20.6. The van der Waals surface area contributed by atoms with E-state index in [1.807, 2.05) is 18.2 Å². The number of ether oxygens (including phenoxy) is 1. The third-order valence-corrected chi connectivity index (χ3v) is 9.06. The Labute approximate surface area is 107 Å². The van der Waals surface area contributed by atoms with Crippen molar-refractivity contribution in [3.8, 4) is 5.75 Å². The molecule has 0 saturated heterocycles. The molecule has 1 aromatic carbocycles. The maximum atomic E-state index is 14.1. The molecule has 0 saturated carbocycles. The number of benzene rings is 1. The average Bonchev–Trinajstić information content (AvgIpc) is 2.25. The number of methoxy groups -OCH3 is 1. The monoisotopic (exact) mass is 342 g/mol. The first-order valence-corrected chi connectivity index (χ1v) is 16.0. The second-order valence-corrected chi connectivity index (χ2v) is 19.8. The van der Waals surface area contributed by atoms with Crippen LogP contribution in [-0.2, 0) is 6.42 Å². The molecule has 0 unspecified atom stereocenters. The first-order valence-electron chi connectivity index (χ1n) is 6.00. The molecule has 0 N–H and O–H groups in total. The molecule has 1 nitrogen and oxygen atoms in total. The van der Waals surface area contributed by atoms with Crippen molar-refractivity contribution in [3.63, 3.8) is 0 Å². The third kappa shape index (κ3) is 2.37. The number of hydrogen-bond donors (Lipinski definition) is 0. The topological polar surface area (TPSA) is 9.23 Å². The quantitative estimate of drug-likeness (QED) is 0.733. The Balaban J connectivity index is 2.64. The number of halogens is 1. The molecule has 1 aliphatic rings. The van der Waals surface area contributed by atoms with Crippen LogP contribution < -0.4 is 4.74 Å². The standard InChI is InChI=1S/C11H10FO.3CH3.Sn/c1-13-11-4-2-3-8-7-9(12)5-6-10(8)11;;;;/h2-4H,5-6H2,1H3;3*1H3;. The van der Waals surface area contributed by atoms with Gasteiger partial charge in [0, 0.05) is 0 Å². The predicted octanol–water partition coefficient (Wildman–Crippen LogP) is 4.20. The number of allylic oxidation sites excluding steroid dienone is 1. The van der Waals surface area contributed by atoms with Crippen LogP contribution >= 0.6 is 0 Å². The second kappa shape index (κ2) is 4.63. The van der Waals surface area contributed by atoms with Crippen LogP contribution in [0.3, 0.4) is 0 Å². The van der Waals surface area contributed by atoms with E-state index in [1.165, 1.54) is 5.56 Å². The van der Waals surface area contributed by atoms with Gasteiger partial charge >= 0.3 is 107 Å². The van der Waals surface area contributed by atoms with E-state index >= 15 is 0 Å². The van der Waals surface area contributed by atoms with Crippen LogP contribution in [0.2, 0.25) is 14.8 Å². The first-order chi connectivity index (χ1) is 7.95. The first kappa shape index (κ1) is 12.9. The Kier molecular flexibility index (Phi) is 3.53. The molecule has 3 heteroatoms. The van der Waals surface area contributed by atoms with Gasteiger partial charge in [0.05, 0.1) is 0 Å². The van der Waals surface area contributed by atoms with Crippen LogP contribution in [0, 0.1) is 0 Å². The van der Waals surface area contributed by atoms with Crippen molar-refractivity contribution in [2.24, 2.45) is 0 Å². The van der Waals surface area contributed by atoms with Crippen molar-refractivity contribution in [3.05, 3.63) is 35.2 Å². The Bertz CT molecular complexity index is 472. The molecule has 2 rings (SSSR count). The van der Waals surface area contributed by atoms with E-state index in [9.17, 15) is 4.39 Å². The number of rotatable bonds is 2. The number of fused-ring (bicyclic) bond motifs is 1. The van der Waals surface area contributed by atoms with Gasteiger partial charge in [0.2, 0.25) is 0 Å². The minimum atomic E-state index is -2.42. The Morgan fingerprint density at radius 1 is 1.18 bits per heavy atom. The van der Waals surface area contributed by atoms with Gasteiger partial charge in [0.1, 0.15) is 0 Å². The molecule has 0 heterocycles. The van der Waals surface area contributed by atoms with Gasteiger partial charge in [-0.1, -0.05) is 0 Å². The van der Waals surface area contributed by atoms with Crippen LogP contribution in [0.5, 0.6) is 5.75 Å². The predicted molar refractivity (Wildman–Crippen MR) is 72.7 cm³/mol. The van der Waals surface area contributed by atoms with Crippen molar-refractivity contribution in [1.82, 2.24) is 0 Å². The van der Waals surface area contributed by atoms with Crippen molar-refractivity contribution in [1.29, 1.82) is 0 Å². The Morgan fingerprint density at radius 2 is 1.88 bits per heavy atom. The average molecular weight is 341 g/mol. The van der Waals surface area contributed by atoms with Crippen LogP contribution in [0.15, 0.2) is 24.0 Å². The molecule has 0 radical (unpaired) electrons. The maximum absolute atomic E-state index is 14.1. The Hall–Kier alpha value is -0.511. The van der Waals surface area contributed by atoms with Gasteiger partial charge in [-0.2, -0.15) is 0 Å². The molecule has 0 aliphatic heterocycles. The molecule has 0 atom stereocenters. The van der Waals surface area contributed by atoms with Gasteiger partial charge in [0.15, 0.2) is 0 Å². The van der Waals surface area contributed by atoms with Crippen molar-refractivity contribution < 1.29 is 9.13 Å². The van der Waals surface area contributed by atoms with E-state index in [2.05, 4.69) is 14.8 Å². The normalized spacial score (nSPS) is 15.8. The van der Waals surface area contributed by atoms with E-state index in [4.69, 9.17) is 4.74 Å². The third-order valence-electron chi connectivity index (χ3n) is 3.24. The molecule has 0 amide bonds. The van der Waals surface area contributed by atoms with Crippen LogP contribution in [0.25, 0.3) is 3.59 Å². The van der Waals surface area contributed by atoms with Gasteiger partial charge in [-0.25, -0.2) is 0 Å². The summed E-state index contributed by atoms with van der Waals surface area (Å²) in [4.78, 5) is 6.79. The molecule has 0 bridgehead atoms. The van der Waals surface area contributed by atoms with Crippen LogP contribution in [-0.4, -0.2) is 25.5 Å². The summed E-state index contributed by atoms with van der Waals surface area (Å²) in [7, 11) is 1.68. The van der Waals surface area contributed by atoms with Gasteiger partial charge in [-0.05, 0) is 0 Å². The molecule has 0 spiro atoms. The molecule has 92 valence electrons. The fourth-order valence-electron chi connectivity index (χ4n) is 2.57. The zero-order valence-electron chi connectivity index (χ0n) is 10.9. The summed E-state index contributed by atoms with van der Waals surface area (Å²) in [6.07, 6.45) is 1.30. The molecular formula is C14H19FOSn. The van der Waals surface area contributed by atoms with Gasteiger partial charge in [0.25, 0.3) is 0 Å². The van der Waals surface area contributed by atoms with E-state index in [0.29, 0.717) is 6.42 Å². The molecule has 0 fully saturated rings. The van der Waals surface area contributed by atoms with Crippen molar-refractivity contribution in [2.45, 2.75) is 27.7 Å². The summed E-state index contributed by atoms with van der Waals surface area (Å²) in [6, 6.07) is 5.99. The molecule has 1 aromatic rings. The van der Waals surface area contributed by atoms with E-state index in [1.54, 1.807) is 7.11 Å². The zero-order chi connectivity index (χ0) is 12.6. The molecule has 17 heavy (non-hydrogen) atoms. The van der Waals surface area contributed by atoms with Gasteiger partial charge < -0.3 is 0 Å². The van der Waals surface area contributed by atoms with E-state index in [-0.39, 0.29) is 5.83 Å². The van der Waals surface area contributed by atoms with Gasteiger partial charge in [-0.15, -0.1) is 0 Å². The summed E-state index contributed by atoms with van der Waals surface area (Å²) >= 11 is -2.42. The summed E-state index contributed by atoms with van der Waals surface area (Å²) in [5.41, 5.74) is 2.30. The summed E-state index contributed by atoms with van der Waals surface area (Å²) in [6.45, 7) is 0. The summed E-state index contributed by atoms with van der Waals surface area (Å²) in [5, 5.41) is 0. The molecule has 1 aliphatic carbocycles. The fraction of sp³-hybridized carbons (Fsp3) is 0.429.